The van der Waals surface area contributed by atoms with Crippen LogP contribution in [0.3, 0.4) is 0 Å². The van der Waals surface area contributed by atoms with Gasteiger partial charge in [-0.15, -0.1) is 0 Å². The van der Waals surface area contributed by atoms with Crippen LogP contribution in [-0.4, -0.2) is 28.0 Å². The van der Waals surface area contributed by atoms with Crippen LogP contribution in [0.15, 0.2) is 21.9 Å². The molecule has 0 aromatic carbocycles. The van der Waals surface area contributed by atoms with Crippen LogP contribution >= 0.6 is 0 Å². The van der Waals surface area contributed by atoms with Gasteiger partial charge in [0.2, 0.25) is 5.91 Å². The van der Waals surface area contributed by atoms with Crippen LogP contribution in [0.5, 0.6) is 0 Å². The molecule has 1 aliphatic carbocycles. The number of carbonyl (C=O) groups is 2. The van der Waals surface area contributed by atoms with Gasteiger partial charge in [-0.05, 0) is 38.0 Å². The lowest BCUT2D eigenvalue weighted by Crippen LogP contribution is -2.49. The summed E-state index contributed by atoms with van der Waals surface area (Å²) in [6.45, 7) is 6.88. The molecule has 2 rings (SSSR count). The van der Waals surface area contributed by atoms with Crippen molar-refractivity contribution in [2.75, 3.05) is 6.61 Å². The van der Waals surface area contributed by atoms with Crippen molar-refractivity contribution in [2.24, 2.45) is 17.3 Å². The molecular formula is C24H38N2O5. The fraction of sp³-hybridized carbons (Fsp3) is 0.750. The number of carbonyl (C=O) groups excluding carboxylic acids is 2. The molecule has 0 aliphatic heterocycles. The Morgan fingerprint density at radius 3 is 2.16 bits per heavy atom. The SMILES string of the molecule is CC1CC(C)(C(=O)OCCCCCCCCCCCC(=O)n2c(=O)cc[nH]c2=O)C1C. The van der Waals surface area contributed by atoms with Crippen LogP contribution in [-0.2, 0) is 9.53 Å². The van der Waals surface area contributed by atoms with E-state index in [1.807, 2.05) is 6.92 Å². The Morgan fingerprint density at radius 2 is 1.61 bits per heavy atom. The van der Waals surface area contributed by atoms with E-state index in [1.165, 1.54) is 12.3 Å². The number of ether oxygens (including phenoxy) is 1. The monoisotopic (exact) mass is 434 g/mol. The zero-order valence-electron chi connectivity index (χ0n) is 19.3. The summed E-state index contributed by atoms with van der Waals surface area (Å²) in [7, 11) is 0. The molecule has 0 bridgehead atoms. The predicted octanol–water partition coefficient (Wildman–Crippen LogP) is 4.30. The van der Waals surface area contributed by atoms with Gasteiger partial charge in [0.15, 0.2) is 0 Å². The maximum absolute atomic E-state index is 12.2. The number of nitrogens with zero attached hydrogens (tertiary/aromatic N) is 1. The van der Waals surface area contributed by atoms with Crippen molar-refractivity contribution in [3.63, 3.8) is 0 Å². The lowest BCUT2D eigenvalue weighted by molar-refractivity contribution is -0.170. The summed E-state index contributed by atoms with van der Waals surface area (Å²) in [5.41, 5.74) is -1.53. The van der Waals surface area contributed by atoms with Gasteiger partial charge in [0, 0.05) is 18.7 Å². The minimum absolute atomic E-state index is 0.0293. The Labute approximate surface area is 184 Å². The average molecular weight is 435 g/mol. The fourth-order valence-electron chi connectivity index (χ4n) is 4.49. The Hall–Kier alpha value is -2.18. The highest BCUT2D eigenvalue weighted by Crippen LogP contribution is 2.51. The van der Waals surface area contributed by atoms with Crippen LogP contribution < -0.4 is 11.2 Å². The van der Waals surface area contributed by atoms with E-state index in [9.17, 15) is 19.2 Å². The number of esters is 1. The number of aromatic nitrogens is 2. The van der Waals surface area contributed by atoms with Crippen molar-refractivity contribution < 1.29 is 14.3 Å². The van der Waals surface area contributed by atoms with Gasteiger partial charge >= 0.3 is 11.7 Å². The van der Waals surface area contributed by atoms with Gasteiger partial charge in [0.25, 0.3) is 5.56 Å². The maximum atomic E-state index is 12.2. The van der Waals surface area contributed by atoms with E-state index in [0.717, 1.165) is 57.8 Å². The molecule has 1 heterocycles. The average Bonchev–Trinajstić information content (AvgIpc) is 2.73. The largest absolute Gasteiger partial charge is 0.465 e. The first-order valence-electron chi connectivity index (χ1n) is 11.8. The smallest absolute Gasteiger partial charge is 0.335 e. The maximum Gasteiger partial charge on any atom is 0.335 e. The van der Waals surface area contributed by atoms with E-state index < -0.39 is 17.2 Å². The van der Waals surface area contributed by atoms with E-state index in [4.69, 9.17) is 4.74 Å². The van der Waals surface area contributed by atoms with Crippen molar-refractivity contribution in [3.05, 3.63) is 33.1 Å². The third-order valence-electron chi connectivity index (χ3n) is 6.94. The molecule has 1 aromatic heterocycles. The quantitative estimate of drug-likeness (QED) is 0.369. The van der Waals surface area contributed by atoms with E-state index >= 15 is 0 Å². The van der Waals surface area contributed by atoms with Crippen LogP contribution in [0.2, 0.25) is 0 Å². The standard InChI is InChI=1S/C24H38N2O5/c1-18-17-24(3,19(18)2)22(29)31-16-12-10-8-6-4-5-7-9-11-13-20(27)26-21(28)14-15-25-23(26)30/h14-15,18-19H,4-13,16-17H2,1-3H3,(H,25,30). The molecule has 7 nitrogen and oxygen atoms in total. The third-order valence-corrected chi connectivity index (χ3v) is 6.94. The topological polar surface area (TPSA) is 98.2 Å². The first-order chi connectivity index (χ1) is 14.8. The first kappa shape index (κ1) is 25.1. The number of hydrogen-bond donors (Lipinski definition) is 1. The second-order valence-corrected chi connectivity index (χ2v) is 9.31. The molecule has 1 N–H and O–H groups in total. The van der Waals surface area contributed by atoms with Gasteiger partial charge in [0.05, 0.1) is 12.0 Å². The highest BCUT2D eigenvalue weighted by Gasteiger charge is 2.51. The molecule has 3 atom stereocenters. The number of nitrogens with one attached hydrogen (secondary N) is 1. The molecule has 0 radical (unpaired) electrons. The minimum atomic E-state index is -0.673. The van der Waals surface area contributed by atoms with Crippen molar-refractivity contribution in [2.45, 2.75) is 91.4 Å². The second kappa shape index (κ2) is 12.0. The molecule has 3 unspecified atom stereocenters. The molecule has 0 saturated heterocycles. The lowest BCUT2D eigenvalue weighted by atomic mass is 9.56. The molecular weight excluding hydrogens is 396 g/mol. The molecule has 1 aromatic rings. The van der Waals surface area contributed by atoms with E-state index in [2.05, 4.69) is 18.8 Å². The molecule has 0 amide bonds. The fourth-order valence-corrected chi connectivity index (χ4v) is 4.49. The van der Waals surface area contributed by atoms with Crippen molar-refractivity contribution in [1.29, 1.82) is 0 Å². The molecule has 1 saturated carbocycles. The molecule has 0 spiro atoms. The van der Waals surface area contributed by atoms with Crippen LogP contribution in [0, 0.1) is 17.3 Å². The summed E-state index contributed by atoms with van der Waals surface area (Å²) in [6.07, 6.45) is 11.6. The van der Waals surface area contributed by atoms with Gasteiger partial charge in [-0.2, -0.15) is 4.57 Å². The Balaban J connectivity index is 1.42. The van der Waals surface area contributed by atoms with E-state index in [0.29, 0.717) is 29.4 Å². The van der Waals surface area contributed by atoms with Crippen molar-refractivity contribution in [1.82, 2.24) is 9.55 Å². The zero-order valence-corrected chi connectivity index (χ0v) is 19.3. The molecule has 7 heteroatoms. The summed E-state index contributed by atoms with van der Waals surface area (Å²) < 4.78 is 6.17. The first-order valence-corrected chi connectivity index (χ1v) is 11.8. The summed E-state index contributed by atoms with van der Waals surface area (Å²) in [4.78, 5) is 49.8. The van der Waals surface area contributed by atoms with Crippen molar-refractivity contribution >= 4 is 11.9 Å². The number of hydrogen-bond acceptors (Lipinski definition) is 5. The minimum Gasteiger partial charge on any atom is -0.465 e. The Bertz CT molecular complexity index is 815. The summed E-state index contributed by atoms with van der Waals surface area (Å²) in [6, 6.07) is 1.18. The normalized spacial score (nSPS) is 22.7. The number of unbranched alkanes of at least 4 members (excludes halogenated alkanes) is 8. The zero-order chi connectivity index (χ0) is 22.9. The molecule has 31 heavy (non-hydrogen) atoms. The predicted molar refractivity (Wildman–Crippen MR) is 120 cm³/mol. The highest BCUT2D eigenvalue weighted by atomic mass is 16.5. The summed E-state index contributed by atoms with van der Waals surface area (Å²) >= 11 is 0. The third kappa shape index (κ3) is 6.91. The number of aromatic amines is 1. The molecule has 1 aliphatic rings. The molecule has 1 fully saturated rings. The van der Waals surface area contributed by atoms with Crippen LogP contribution in [0.25, 0.3) is 0 Å². The number of rotatable bonds is 13. The lowest BCUT2D eigenvalue weighted by Gasteiger charge is -2.48. The van der Waals surface area contributed by atoms with E-state index in [-0.39, 0.29) is 17.8 Å². The van der Waals surface area contributed by atoms with Crippen LogP contribution in [0.1, 0.15) is 96.2 Å². The highest BCUT2D eigenvalue weighted by molar-refractivity contribution is 5.78. The van der Waals surface area contributed by atoms with Gasteiger partial charge in [-0.3, -0.25) is 14.4 Å². The van der Waals surface area contributed by atoms with Crippen LogP contribution in [0.4, 0.5) is 0 Å². The van der Waals surface area contributed by atoms with Gasteiger partial charge < -0.3 is 9.72 Å². The second-order valence-electron chi connectivity index (χ2n) is 9.31. The Kier molecular flexibility index (Phi) is 9.72. The van der Waals surface area contributed by atoms with Gasteiger partial charge in [0.1, 0.15) is 0 Å². The summed E-state index contributed by atoms with van der Waals surface area (Å²) in [5.74, 6) is 0.541. The van der Waals surface area contributed by atoms with Gasteiger partial charge in [-0.25, -0.2) is 4.79 Å². The number of H-pyrrole nitrogens is 1. The summed E-state index contributed by atoms with van der Waals surface area (Å²) in [5, 5.41) is 0. The van der Waals surface area contributed by atoms with Crippen molar-refractivity contribution in [3.8, 4) is 0 Å². The molecule has 174 valence electrons. The Morgan fingerprint density at radius 1 is 1.03 bits per heavy atom. The van der Waals surface area contributed by atoms with Gasteiger partial charge in [-0.1, -0.05) is 58.8 Å². The van der Waals surface area contributed by atoms with E-state index in [1.54, 1.807) is 0 Å².